The maximum Gasteiger partial charge on any atom is 0.192 e. The van der Waals surface area contributed by atoms with Gasteiger partial charge in [0, 0.05) is 0 Å². The van der Waals surface area contributed by atoms with Crippen molar-refractivity contribution in [3.63, 3.8) is 0 Å². The molecule has 1 aliphatic rings. The molecule has 3 heteroatoms. The Morgan fingerprint density at radius 2 is 2.38 bits per heavy atom. The normalized spacial score (nSPS) is 35.8. The van der Waals surface area contributed by atoms with Gasteiger partial charge in [-0.15, -0.1) is 5.10 Å². The van der Waals surface area contributed by atoms with Crippen molar-refractivity contribution < 1.29 is 4.74 Å². The van der Waals surface area contributed by atoms with Crippen molar-refractivity contribution in [1.29, 1.82) is 0 Å². The maximum absolute atomic E-state index is 5.04. The summed E-state index contributed by atoms with van der Waals surface area (Å²) >= 11 is 0. The Morgan fingerprint density at radius 3 is 2.75 bits per heavy atom. The lowest BCUT2D eigenvalue weighted by Crippen LogP contribution is -2.37. The first-order valence-electron chi connectivity index (χ1n) is 2.73. The van der Waals surface area contributed by atoms with Crippen LogP contribution in [0.3, 0.4) is 0 Å². The first kappa shape index (κ1) is 5.41. The molecular weight excluding hydrogens is 104 g/mol. The molecule has 3 nitrogen and oxygen atoms in total. The number of hydrogen-bond acceptors (Lipinski definition) is 3. The minimum absolute atomic E-state index is 0.243. The van der Waals surface area contributed by atoms with Crippen molar-refractivity contribution in [3.05, 3.63) is 0 Å². The van der Waals surface area contributed by atoms with Gasteiger partial charge in [0.15, 0.2) is 6.40 Å². The average Bonchev–Trinajstić information content (AvgIpc) is 1.77. The largest absolute Gasteiger partial charge is 0.477 e. The average molecular weight is 114 g/mol. The van der Waals surface area contributed by atoms with E-state index in [1.165, 1.54) is 6.40 Å². The standard InChI is InChI=1S/C5H10N2O/c1-4-5(2)8-3-6-7-4/h3-5,7H,1-2H3/t4-,5+/m1/s1. The molecule has 0 saturated heterocycles. The minimum Gasteiger partial charge on any atom is -0.477 e. The van der Waals surface area contributed by atoms with Crippen LogP contribution in [-0.4, -0.2) is 18.5 Å². The highest BCUT2D eigenvalue weighted by Gasteiger charge is 2.13. The number of rotatable bonds is 0. The Labute approximate surface area is 48.7 Å². The number of nitrogens with zero attached hydrogens (tertiary/aromatic N) is 1. The molecule has 0 aromatic rings. The van der Waals surface area contributed by atoms with Gasteiger partial charge < -0.3 is 10.2 Å². The highest BCUT2D eigenvalue weighted by atomic mass is 16.5. The third kappa shape index (κ3) is 0.911. The number of ether oxygens (including phenoxy) is 1. The molecule has 0 bridgehead atoms. The first-order chi connectivity index (χ1) is 3.80. The second-order valence-corrected chi connectivity index (χ2v) is 1.99. The monoisotopic (exact) mass is 114 g/mol. The van der Waals surface area contributed by atoms with Crippen LogP contribution >= 0.6 is 0 Å². The molecule has 46 valence electrons. The number of nitrogens with one attached hydrogen (secondary N) is 1. The van der Waals surface area contributed by atoms with Gasteiger partial charge in [-0.3, -0.25) is 0 Å². The predicted octanol–water partition coefficient (Wildman–Crippen LogP) is 0.326. The summed E-state index contributed by atoms with van der Waals surface area (Å²) in [4.78, 5) is 0. The van der Waals surface area contributed by atoms with Gasteiger partial charge >= 0.3 is 0 Å². The summed E-state index contributed by atoms with van der Waals surface area (Å²) in [6.07, 6.45) is 1.68. The summed E-state index contributed by atoms with van der Waals surface area (Å²) in [6, 6.07) is 0.333. The predicted molar refractivity (Wildman–Crippen MR) is 31.6 cm³/mol. The summed E-state index contributed by atoms with van der Waals surface area (Å²) < 4.78 is 5.04. The van der Waals surface area contributed by atoms with Crippen LogP contribution in [0.2, 0.25) is 0 Å². The fraction of sp³-hybridized carbons (Fsp3) is 0.800. The molecule has 1 aliphatic heterocycles. The van der Waals surface area contributed by atoms with E-state index >= 15 is 0 Å². The van der Waals surface area contributed by atoms with Gasteiger partial charge in [-0.05, 0) is 13.8 Å². The molecular formula is C5H10N2O. The van der Waals surface area contributed by atoms with E-state index in [4.69, 9.17) is 4.74 Å². The van der Waals surface area contributed by atoms with Crippen LogP contribution < -0.4 is 5.43 Å². The number of hydrogen-bond donors (Lipinski definition) is 1. The number of hydrazone groups is 1. The van der Waals surface area contributed by atoms with Crippen LogP contribution in [-0.2, 0) is 4.74 Å². The van der Waals surface area contributed by atoms with E-state index in [-0.39, 0.29) is 6.10 Å². The lowest BCUT2D eigenvalue weighted by molar-refractivity contribution is 0.155. The van der Waals surface area contributed by atoms with E-state index < -0.39 is 0 Å². The molecule has 0 aromatic carbocycles. The third-order valence-electron chi connectivity index (χ3n) is 1.31. The van der Waals surface area contributed by atoms with Gasteiger partial charge in [0.1, 0.15) is 6.10 Å². The lowest BCUT2D eigenvalue weighted by Gasteiger charge is -2.21. The highest BCUT2D eigenvalue weighted by Crippen LogP contribution is 1.98. The summed E-state index contributed by atoms with van der Waals surface area (Å²) in [5.41, 5.74) is 2.88. The van der Waals surface area contributed by atoms with Crippen LogP contribution in [0.25, 0.3) is 0 Å². The zero-order chi connectivity index (χ0) is 5.98. The molecule has 0 spiro atoms. The fourth-order valence-electron chi connectivity index (χ4n) is 0.497. The van der Waals surface area contributed by atoms with Gasteiger partial charge in [0.2, 0.25) is 0 Å². The van der Waals surface area contributed by atoms with E-state index in [1.54, 1.807) is 0 Å². The van der Waals surface area contributed by atoms with Gasteiger partial charge in [-0.1, -0.05) is 0 Å². The Kier molecular flexibility index (Phi) is 1.37. The highest BCUT2D eigenvalue weighted by molar-refractivity contribution is 5.47. The van der Waals surface area contributed by atoms with Crippen molar-refractivity contribution in [1.82, 2.24) is 5.43 Å². The molecule has 2 atom stereocenters. The molecule has 0 aromatic heterocycles. The van der Waals surface area contributed by atoms with Crippen LogP contribution in [0.1, 0.15) is 13.8 Å². The van der Waals surface area contributed by atoms with E-state index in [0.717, 1.165) is 0 Å². The Morgan fingerprint density at radius 1 is 1.62 bits per heavy atom. The molecule has 1 N–H and O–H groups in total. The second kappa shape index (κ2) is 2.03. The van der Waals surface area contributed by atoms with E-state index in [2.05, 4.69) is 10.5 Å². The Hall–Kier alpha value is -0.730. The lowest BCUT2D eigenvalue weighted by atomic mass is 10.2. The van der Waals surface area contributed by atoms with Crippen molar-refractivity contribution in [2.45, 2.75) is 26.0 Å². The van der Waals surface area contributed by atoms with E-state index in [9.17, 15) is 0 Å². The minimum atomic E-state index is 0.243. The van der Waals surface area contributed by atoms with Gasteiger partial charge in [-0.2, -0.15) is 0 Å². The van der Waals surface area contributed by atoms with Crippen molar-refractivity contribution in [3.8, 4) is 0 Å². The first-order valence-corrected chi connectivity index (χ1v) is 2.73. The summed E-state index contributed by atoms with van der Waals surface area (Å²) in [5.74, 6) is 0. The Bertz CT molecular complexity index is 90.6. The fourth-order valence-corrected chi connectivity index (χ4v) is 0.497. The zero-order valence-corrected chi connectivity index (χ0v) is 5.09. The zero-order valence-electron chi connectivity index (χ0n) is 5.09. The second-order valence-electron chi connectivity index (χ2n) is 1.99. The van der Waals surface area contributed by atoms with E-state index in [0.29, 0.717) is 6.04 Å². The van der Waals surface area contributed by atoms with Crippen molar-refractivity contribution >= 4 is 6.40 Å². The molecule has 0 fully saturated rings. The van der Waals surface area contributed by atoms with Crippen LogP contribution in [0.5, 0.6) is 0 Å². The molecule has 1 heterocycles. The molecule has 0 aliphatic carbocycles. The van der Waals surface area contributed by atoms with Gasteiger partial charge in [0.05, 0.1) is 6.04 Å². The van der Waals surface area contributed by atoms with Crippen molar-refractivity contribution in [2.75, 3.05) is 0 Å². The summed E-state index contributed by atoms with van der Waals surface area (Å²) in [7, 11) is 0. The van der Waals surface area contributed by atoms with Crippen LogP contribution in [0, 0.1) is 0 Å². The molecule has 8 heavy (non-hydrogen) atoms. The van der Waals surface area contributed by atoms with E-state index in [1.807, 2.05) is 13.8 Å². The summed E-state index contributed by atoms with van der Waals surface area (Å²) in [6.45, 7) is 4.03. The van der Waals surface area contributed by atoms with Crippen LogP contribution in [0.4, 0.5) is 0 Å². The molecule has 0 radical (unpaired) electrons. The molecule has 0 unspecified atom stereocenters. The van der Waals surface area contributed by atoms with Gasteiger partial charge in [-0.25, -0.2) is 0 Å². The molecule has 0 saturated carbocycles. The quantitative estimate of drug-likeness (QED) is 0.492. The maximum atomic E-state index is 5.04. The Balaban J connectivity index is 2.44. The van der Waals surface area contributed by atoms with Crippen LogP contribution in [0.15, 0.2) is 5.10 Å². The topological polar surface area (TPSA) is 33.6 Å². The SMILES string of the molecule is C[C@@H]1OC=NN[C@@H]1C. The van der Waals surface area contributed by atoms with Gasteiger partial charge in [0.25, 0.3) is 0 Å². The van der Waals surface area contributed by atoms with Crippen molar-refractivity contribution in [2.24, 2.45) is 5.10 Å². The molecule has 1 rings (SSSR count). The smallest absolute Gasteiger partial charge is 0.192 e. The summed E-state index contributed by atoms with van der Waals surface area (Å²) in [5, 5.41) is 3.71. The molecule has 0 amide bonds. The third-order valence-corrected chi connectivity index (χ3v) is 1.31.